The second-order valence-electron chi connectivity index (χ2n) is 9.68. The number of anilines is 1. The molecule has 0 unspecified atom stereocenters. The largest absolute Gasteiger partial charge is 0.369 e. The zero-order valence-electron chi connectivity index (χ0n) is 19.9. The second-order valence-corrected chi connectivity index (χ2v) is 11.2. The highest BCUT2D eigenvalue weighted by Crippen LogP contribution is 2.48. The third-order valence-corrected chi connectivity index (χ3v) is 7.98. The zero-order valence-corrected chi connectivity index (χ0v) is 20.7. The maximum atomic E-state index is 13.5. The predicted octanol–water partition coefficient (Wildman–Crippen LogP) is 3.58. The van der Waals surface area contributed by atoms with Crippen molar-refractivity contribution in [3.05, 3.63) is 77.4 Å². The van der Waals surface area contributed by atoms with E-state index in [-0.39, 0.29) is 17.2 Å². The lowest BCUT2D eigenvalue weighted by molar-refractivity contribution is 0.0930. The van der Waals surface area contributed by atoms with E-state index >= 15 is 0 Å². The number of carbonyl (C=O) groups excluding carboxylic acids is 1. The third kappa shape index (κ3) is 5.19. The molecule has 0 spiro atoms. The van der Waals surface area contributed by atoms with Crippen LogP contribution in [0, 0.1) is 6.92 Å². The number of benzene rings is 3. The summed E-state index contributed by atoms with van der Waals surface area (Å²) in [6.07, 6.45) is 1.86. The van der Waals surface area contributed by atoms with Gasteiger partial charge >= 0.3 is 0 Å². The molecule has 1 aliphatic carbocycles. The molecule has 184 valence electrons. The van der Waals surface area contributed by atoms with Gasteiger partial charge in [-0.05, 0) is 53.8 Å². The average molecular weight is 494 g/mol. The van der Waals surface area contributed by atoms with Crippen molar-refractivity contribution in [1.29, 1.82) is 0 Å². The van der Waals surface area contributed by atoms with Gasteiger partial charge in [-0.25, -0.2) is 0 Å². The molecular weight excluding hydrogens is 462 g/mol. The highest BCUT2D eigenvalue weighted by molar-refractivity contribution is 7.85. The van der Waals surface area contributed by atoms with Crippen molar-refractivity contribution >= 4 is 32.5 Å². The Labute approximate surface area is 206 Å². The van der Waals surface area contributed by atoms with Crippen molar-refractivity contribution in [2.45, 2.75) is 25.3 Å². The van der Waals surface area contributed by atoms with Gasteiger partial charge in [0.15, 0.2) is 0 Å². The Morgan fingerprint density at radius 1 is 1.00 bits per heavy atom. The number of amides is 1. The van der Waals surface area contributed by atoms with Gasteiger partial charge in [0.25, 0.3) is 16.0 Å². The van der Waals surface area contributed by atoms with E-state index in [1.54, 1.807) is 0 Å². The van der Waals surface area contributed by atoms with Gasteiger partial charge in [-0.2, -0.15) is 8.42 Å². The summed E-state index contributed by atoms with van der Waals surface area (Å²) in [7, 11) is -3.95. The quantitative estimate of drug-likeness (QED) is 0.489. The van der Waals surface area contributed by atoms with Gasteiger partial charge in [-0.3, -0.25) is 14.2 Å². The Balaban J connectivity index is 1.30. The van der Waals surface area contributed by atoms with Gasteiger partial charge in [0.1, 0.15) is 0 Å². The lowest BCUT2D eigenvalue weighted by atomic mass is 9.96. The Morgan fingerprint density at radius 2 is 1.71 bits per heavy atom. The van der Waals surface area contributed by atoms with Crippen LogP contribution in [0.3, 0.4) is 0 Å². The summed E-state index contributed by atoms with van der Waals surface area (Å²) in [6, 6.07) is 20.6. The number of fused-ring (bicyclic) bond motifs is 1. The molecule has 0 atom stereocenters. The first-order valence-electron chi connectivity index (χ1n) is 12.1. The molecule has 0 radical (unpaired) electrons. The maximum Gasteiger partial charge on any atom is 0.266 e. The highest BCUT2D eigenvalue weighted by Gasteiger charge is 2.46. The maximum absolute atomic E-state index is 13.5. The van der Waals surface area contributed by atoms with Crippen LogP contribution in [0.1, 0.15) is 34.3 Å². The Morgan fingerprint density at radius 3 is 2.43 bits per heavy atom. The number of rotatable bonds is 7. The first kappa shape index (κ1) is 23.8. The van der Waals surface area contributed by atoms with Crippen molar-refractivity contribution in [3.8, 4) is 0 Å². The minimum Gasteiger partial charge on any atom is -0.369 e. The van der Waals surface area contributed by atoms with Crippen LogP contribution in [0.25, 0.3) is 10.8 Å². The van der Waals surface area contributed by atoms with Crippen LogP contribution >= 0.6 is 0 Å². The van der Waals surface area contributed by atoms with Gasteiger partial charge in [-0.1, -0.05) is 48.5 Å². The second kappa shape index (κ2) is 9.26. The first-order valence-corrected chi connectivity index (χ1v) is 13.7. The molecule has 3 aromatic carbocycles. The molecule has 2 N–H and O–H groups in total. The van der Waals surface area contributed by atoms with Crippen molar-refractivity contribution in [1.82, 2.24) is 10.2 Å². The lowest BCUT2D eigenvalue weighted by Gasteiger charge is -2.36. The summed E-state index contributed by atoms with van der Waals surface area (Å²) >= 11 is 0. The molecule has 35 heavy (non-hydrogen) atoms. The van der Waals surface area contributed by atoms with E-state index in [0.29, 0.717) is 25.2 Å². The minimum atomic E-state index is -3.95. The van der Waals surface area contributed by atoms with E-state index in [1.807, 2.05) is 42.2 Å². The van der Waals surface area contributed by atoms with Crippen LogP contribution < -0.4 is 10.2 Å². The fourth-order valence-electron chi connectivity index (χ4n) is 5.04. The fraction of sp³-hybridized carbons (Fsp3) is 0.370. The number of carbonyl (C=O) groups is 1. The van der Waals surface area contributed by atoms with Gasteiger partial charge in [0, 0.05) is 44.0 Å². The summed E-state index contributed by atoms with van der Waals surface area (Å²) in [5.74, 6) is -0.304. The number of nitrogens with one attached hydrogen (secondary N) is 1. The first-order chi connectivity index (χ1) is 16.7. The van der Waals surface area contributed by atoms with Gasteiger partial charge in [0.2, 0.25) is 0 Å². The van der Waals surface area contributed by atoms with E-state index < -0.39 is 10.1 Å². The molecule has 0 bridgehead atoms. The third-order valence-electron chi connectivity index (χ3n) is 7.28. The van der Waals surface area contributed by atoms with Crippen molar-refractivity contribution < 1.29 is 17.8 Å². The number of hydrogen-bond acceptors (Lipinski definition) is 5. The molecule has 1 heterocycles. The van der Waals surface area contributed by atoms with E-state index in [4.69, 9.17) is 4.55 Å². The van der Waals surface area contributed by atoms with Gasteiger partial charge in [-0.15, -0.1) is 0 Å². The SMILES string of the molecule is Cc1ccc(N2CCN(CCS(=O)(=O)O)CC2)cc1C(=O)NC1(c2cccc3ccccc23)CC1. The Kier molecular flexibility index (Phi) is 6.29. The van der Waals surface area contributed by atoms with Gasteiger partial charge < -0.3 is 10.2 Å². The fourth-order valence-corrected chi connectivity index (χ4v) is 5.53. The average Bonchev–Trinajstić information content (AvgIpc) is 3.63. The molecule has 1 amide bonds. The van der Waals surface area contributed by atoms with Crippen LogP contribution in [0.15, 0.2) is 60.7 Å². The standard InChI is InChI=1S/C27H31N3O4S/c1-20-9-10-22(30-15-13-29(14-16-30)17-18-35(32,33)34)19-24(20)26(31)28-27(11-12-27)25-8-4-6-21-5-2-3-7-23(21)25/h2-10,19H,11-18H2,1H3,(H,28,31)(H,32,33,34). The molecule has 1 aliphatic heterocycles. The number of piperazine rings is 1. The summed E-state index contributed by atoms with van der Waals surface area (Å²) in [5.41, 5.74) is 3.47. The van der Waals surface area contributed by atoms with Gasteiger partial charge in [0.05, 0.1) is 11.3 Å². The monoisotopic (exact) mass is 493 g/mol. The van der Waals surface area contributed by atoms with Crippen LogP contribution in [-0.2, 0) is 15.7 Å². The molecule has 5 rings (SSSR count). The molecular formula is C27H31N3O4S. The van der Waals surface area contributed by atoms with Crippen molar-refractivity contribution in [2.24, 2.45) is 0 Å². The summed E-state index contributed by atoms with van der Waals surface area (Å²) < 4.78 is 31.1. The van der Waals surface area contributed by atoms with Crippen molar-refractivity contribution in [2.75, 3.05) is 43.4 Å². The molecule has 2 fully saturated rings. The van der Waals surface area contributed by atoms with Crippen LogP contribution in [0.5, 0.6) is 0 Å². The number of hydrogen-bond donors (Lipinski definition) is 2. The van der Waals surface area contributed by atoms with E-state index in [2.05, 4.69) is 40.5 Å². The number of nitrogens with zero attached hydrogens (tertiary/aromatic N) is 2. The lowest BCUT2D eigenvalue weighted by Crippen LogP contribution is -2.47. The number of aryl methyl sites for hydroxylation is 1. The summed E-state index contributed by atoms with van der Waals surface area (Å²) in [6.45, 7) is 5.16. The smallest absolute Gasteiger partial charge is 0.266 e. The molecule has 1 saturated heterocycles. The molecule has 2 aliphatic rings. The topological polar surface area (TPSA) is 90.0 Å². The Bertz CT molecular complexity index is 1350. The zero-order chi connectivity index (χ0) is 24.6. The normalized spacial score (nSPS) is 17.9. The summed E-state index contributed by atoms with van der Waals surface area (Å²) in [4.78, 5) is 17.7. The predicted molar refractivity (Wildman–Crippen MR) is 139 cm³/mol. The Hall–Kier alpha value is -2.94. The molecule has 3 aromatic rings. The van der Waals surface area contributed by atoms with Crippen molar-refractivity contribution in [3.63, 3.8) is 0 Å². The highest BCUT2D eigenvalue weighted by atomic mass is 32.2. The van der Waals surface area contributed by atoms with E-state index in [9.17, 15) is 13.2 Å². The van der Waals surface area contributed by atoms with E-state index in [1.165, 1.54) is 16.3 Å². The molecule has 8 heteroatoms. The molecule has 0 aromatic heterocycles. The van der Waals surface area contributed by atoms with Crippen LogP contribution in [0.2, 0.25) is 0 Å². The van der Waals surface area contributed by atoms with Crippen LogP contribution in [-0.4, -0.2) is 62.3 Å². The minimum absolute atomic E-state index is 0.0541. The molecule has 7 nitrogen and oxygen atoms in total. The molecule has 1 saturated carbocycles. The van der Waals surface area contributed by atoms with Crippen LogP contribution in [0.4, 0.5) is 5.69 Å². The van der Waals surface area contributed by atoms with E-state index in [0.717, 1.165) is 37.2 Å². The summed E-state index contributed by atoms with van der Waals surface area (Å²) in [5, 5.41) is 5.72.